The zero-order chi connectivity index (χ0) is 12.1. The van der Waals surface area contributed by atoms with Crippen LogP contribution in [0.4, 0.5) is 0 Å². The molecule has 1 N–H and O–H groups in total. The van der Waals surface area contributed by atoms with Crippen LogP contribution in [0.1, 0.15) is 22.9 Å². The van der Waals surface area contributed by atoms with Gasteiger partial charge in [-0.1, -0.05) is 30.3 Å². The lowest BCUT2D eigenvalue weighted by Crippen LogP contribution is -2.14. The number of nitrogens with one attached hydrogen (secondary N) is 1. The van der Waals surface area contributed by atoms with Gasteiger partial charge >= 0.3 is 0 Å². The largest absolute Gasteiger partial charge is 0.444 e. The molecule has 90 valence electrons. The molecule has 4 nitrogen and oxygen atoms in total. The molecule has 0 aliphatic heterocycles. The second-order valence-corrected chi connectivity index (χ2v) is 3.84. The molecule has 0 saturated carbocycles. The first-order chi connectivity index (χ1) is 8.25. The van der Waals surface area contributed by atoms with Gasteiger partial charge in [-0.25, -0.2) is 4.98 Å². The molecule has 0 aliphatic carbocycles. The van der Waals surface area contributed by atoms with E-state index in [1.54, 1.807) is 0 Å². The van der Waals surface area contributed by atoms with E-state index < -0.39 is 0 Å². The lowest BCUT2D eigenvalue weighted by Gasteiger charge is -2.04. The number of hydroxylamine groups is 1. The highest BCUT2D eigenvalue weighted by Gasteiger charge is 2.05. The molecule has 0 spiro atoms. The molecule has 0 amide bonds. The van der Waals surface area contributed by atoms with E-state index in [1.807, 2.05) is 44.2 Å². The maximum Gasteiger partial charge on any atom is 0.191 e. The van der Waals surface area contributed by atoms with Crippen LogP contribution in [0.5, 0.6) is 0 Å². The molecule has 2 rings (SSSR count). The van der Waals surface area contributed by atoms with Crippen LogP contribution in [0.2, 0.25) is 0 Å². The number of aromatic nitrogens is 1. The Morgan fingerprint density at radius 2 is 2.00 bits per heavy atom. The van der Waals surface area contributed by atoms with Crippen LogP contribution in [-0.4, -0.2) is 4.98 Å². The lowest BCUT2D eigenvalue weighted by molar-refractivity contribution is 0.0199. The van der Waals surface area contributed by atoms with E-state index >= 15 is 0 Å². The molecule has 1 aromatic heterocycles. The molecule has 2 aromatic rings. The lowest BCUT2D eigenvalue weighted by atomic mass is 10.2. The Morgan fingerprint density at radius 1 is 1.24 bits per heavy atom. The summed E-state index contributed by atoms with van der Waals surface area (Å²) in [5.41, 5.74) is 4.90. The first-order valence-corrected chi connectivity index (χ1v) is 5.57. The average Bonchev–Trinajstić information content (AvgIpc) is 2.65. The van der Waals surface area contributed by atoms with Crippen molar-refractivity contribution in [1.29, 1.82) is 0 Å². The van der Waals surface area contributed by atoms with Crippen LogP contribution in [0.3, 0.4) is 0 Å². The second-order valence-electron chi connectivity index (χ2n) is 3.84. The summed E-state index contributed by atoms with van der Waals surface area (Å²) in [6.45, 7) is 4.82. The van der Waals surface area contributed by atoms with E-state index in [0.717, 1.165) is 17.0 Å². The fourth-order valence-electron chi connectivity index (χ4n) is 1.56. The fourth-order valence-corrected chi connectivity index (χ4v) is 1.56. The SMILES string of the molecule is Cc1nc(C)c(CNOCc2ccccc2)o1. The number of benzene rings is 1. The van der Waals surface area contributed by atoms with Gasteiger partial charge in [-0.2, -0.15) is 5.48 Å². The van der Waals surface area contributed by atoms with Crippen LogP contribution in [0.15, 0.2) is 34.7 Å². The first kappa shape index (κ1) is 11.8. The van der Waals surface area contributed by atoms with E-state index in [9.17, 15) is 0 Å². The third kappa shape index (κ3) is 3.41. The van der Waals surface area contributed by atoms with Crippen LogP contribution in [0, 0.1) is 13.8 Å². The molecule has 0 aliphatic rings. The Bertz CT molecular complexity index is 466. The molecule has 1 aromatic carbocycles. The third-order valence-electron chi connectivity index (χ3n) is 2.42. The first-order valence-electron chi connectivity index (χ1n) is 5.57. The van der Waals surface area contributed by atoms with Gasteiger partial charge in [-0.05, 0) is 12.5 Å². The highest BCUT2D eigenvalue weighted by molar-refractivity contribution is 5.13. The van der Waals surface area contributed by atoms with Gasteiger partial charge in [0.05, 0.1) is 18.8 Å². The van der Waals surface area contributed by atoms with Crippen molar-refractivity contribution in [3.63, 3.8) is 0 Å². The molecule has 17 heavy (non-hydrogen) atoms. The minimum Gasteiger partial charge on any atom is -0.444 e. The smallest absolute Gasteiger partial charge is 0.191 e. The van der Waals surface area contributed by atoms with Crippen LogP contribution in [0.25, 0.3) is 0 Å². The summed E-state index contributed by atoms with van der Waals surface area (Å²) in [4.78, 5) is 9.54. The predicted molar refractivity (Wildman–Crippen MR) is 64.0 cm³/mol. The van der Waals surface area contributed by atoms with Crippen molar-refractivity contribution in [2.75, 3.05) is 0 Å². The van der Waals surface area contributed by atoms with Gasteiger partial charge < -0.3 is 4.42 Å². The van der Waals surface area contributed by atoms with Gasteiger partial charge in [0, 0.05) is 6.92 Å². The van der Waals surface area contributed by atoms with E-state index in [0.29, 0.717) is 19.0 Å². The minimum atomic E-state index is 0.527. The second kappa shape index (κ2) is 5.61. The van der Waals surface area contributed by atoms with Crippen molar-refractivity contribution in [3.05, 3.63) is 53.2 Å². The van der Waals surface area contributed by atoms with Crippen molar-refractivity contribution in [1.82, 2.24) is 10.5 Å². The molecule has 0 bridgehead atoms. The van der Waals surface area contributed by atoms with Crippen molar-refractivity contribution in [3.8, 4) is 0 Å². The van der Waals surface area contributed by atoms with Gasteiger partial charge in [0.2, 0.25) is 0 Å². The van der Waals surface area contributed by atoms with Crippen LogP contribution >= 0.6 is 0 Å². The van der Waals surface area contributed by atoms with E-state index in [2.05, 4.69) is 10.5 Å². The monoisotopic (exact) mass is 232 g/mol. The normalized spacial score (nSPS) is 10.7. The molecule has 0 saturated heterocycles. The summed E-state index contributed by atoms with van der Waals surface area (Å²) < 4.78 is 5.41. The predicted octanol–water partition coefficient (Wildman–Crippen LogP) is 2.51. The summed E-state index contributed by atoms with van der Waals surface area (Å²) >= 11 is 0. The summed E-state index contributed by atoms with van der Waals surface area (Å²) in [6.07, 6.45) is 0. The van der Waals surface area contributed by atoms with E-state index in [4.69, 9.17) is 9.25 Å². The van der Waals surface area contributed by atoms with E-state index in [1.165, 1.54) is 0 Å². The van der Waals surface area contributed by atoms with Crippen molar-refractivity contribution in [2.45, 2.75) is 27.0 Å². The van der Waals surface area contributed by atoms with Gasteiger partial charge in [-0.15, -0.1) is 0 Å². The Kier molecular flexibility index (Phi) is 3.90. The van der Waals surface area contributed by atoms with Gasteiger partial charge in [0.15, 0.2) is 5.89 Å². The number of oxazole rings is 1. The summed E-state index contributed by atoms with van der Waals surface area (Å²) in [6, 6.07) is 10.00. The topological polar surface area (TPSA) is 47.3 Å². The summed E-state index contributed by atoms with van der Waals surface area (Å²) in [5, 5.41) is 0. The van der Waals surface area contributed by atoms with Crippen LogP contribution < -0.4 is 5.48 Å². The highest BCUT2D eigenvalue weighted by Crippen LogP contribution is 2.08. The third-order valence-corrected chi connectivity index (χ3v) is 2.42. The Balaban J connectivity index is 1.75. The van der Waals surface area contributed by atoms with Crippen LogP contribution in [-0.2, 0) is 18.0 Å². The molecule has 1 heterocycles. The highest BCUT2D eigenvalue weighted by atomic mass is 16.6. The standard InChI is InChI=1S/C13H16N2O2/c1-10-13(17-11(2)15-10)8-14-16-9-12-6-4-3-5-7-12/h3-7,14H,8-9H2,1-2H3. The van der Waals surface area contributed by atoms with Gasteiger partial charge in [-0.3, -0.25) is 4.84 Å². The van der Waals surface area contributed by atoms with Gasteiger partial charge in [0.25, 0.3) is 0 Å². The number of rotatable bonds is 5. The van der Waals surface area contributed by atoms with Crippen molar-refractivity contribution >= 4 is 0 Å². The Labute approximate surface area is 101 Å². The molecule has 0 fully saturated rings. The molecular formula is C13H16N2O2. The molecular weight excluding hydrogens is 216 g/mol. The summed E-state index contributed by atoms with van der Waals surface area (Å²) in [7, 11) is 0. The minimum absolute atomic E-state index is 0.527. The van der Waals surface area contributed by atoms with Gasteiger partial charge in [0.1, 0.15) is 5.76 Å². The zero-order valence-corrected chi connectivity index (χ0v) is 10.1. The Morgan fingerprint density at radius 3 is 2.65 bits per heavy atom. The zero-order valence-electron chi connectivity index (χ0n) is 10.1. The molecule has 4 heteroatoms. The molecule has 0 radical (unpaired) electrons. The van der Waals surface area contributed by atoms with E-state index in [-0.39, 0.29) is 0 Å². The number of aryl methyl sites for hydroxylation is 2. The number of hydrogen-bond acceptors (Lipinski definition) is 4. The number of hydrogen-bond donors (Lipinski definition) is 1. The maximum atomic E-state index is 5.41. The molecule has 0 atom stereocenters. The average molecular weight is 232 g/mol. The van der Waals surface area contributed by atoms with Crippen molar-refractivity contribution in [2.24, 2.45) is 0 Å². The van der Waals surface area contributed by atoms with Crippen molar-refractivity contribution < 1.29 is 9.25 Å². The Hall–Kier alpha value is -1.65. The fraction of sp³-hybridized carbons (Fsp3) is 0.308. The quantitative estimate of drug-likeness (QED) is 0.635. The number of nitrogens with zero attached hydrogens (tertiary/aromatic N) is 1. The maximum absolute atomic E-state index is 5.41. The molecule has 0 unspecified atom stereocenters. The summed E-state index contributed by atoms with van der Waals surface area (Å²) in [5.74, 6) is 1.50.